The quantitative estimate of drug-likeness (QED) is 0.837. The van der Waals surface area contributed by atoms with Crippen LogP contribution in [0, 0.1) is 5.92 Å². The molecule has 1 fully saturated rings. The van der Waals surface area contributed by atoms with Gasteiger partial charge in [0.1, 0.15) is 5.75 Å². The van der Waals surface area contributed by atoms with Crippen molar-refractivity contribution in [2.45, 2.75) is 25.9 Å². The van der Waals surface area contributed by atoms with Gasteiger partial charge in [-0.2, -0.15) is 0 Å². The molecule has 4 heteroatoms. The lowest BCUT2D eigenvalue weighted by molar-refractivity contribution is 0.0154. The Labute approximate surface area is 109 Å². The molecule has 4 nitrogen and oxygen atoms in total. The Bertz CT molecular complexity index is 332. The van der Waals surface area contributed by atoms with E-state index in [0.717, 1.165) is 44.9 Å². The number of nitrogens with one attached hydrogen (secondary N) is 1. The monoisotopic (exact) mass is 250 g/mol. The van der Waals surface area contributed by atoms with Crippen molar-refractivity contribution in [3.63, 3.8) is 0 Å². The van der Waals surface area contributed by atoms with Crippen LogP contribution in [0.3, 0.4) is 0 Å². The SMILES string of the molecule is CCCO[C@@H]1CNC[C@@H](COc2cccnc2)C1. The fourth-order valence-corrected chi connectivity index (χ4v) is 2.17. The first-order valence-corrected chi connectivity index (χ1v) is 6.73. The van der Waals surface area contributed by atoms with Crippen LogP contribution in [0.25, 0.3) is 0 Å². The fraction of sp³-hybridized carbons (Fsp3) is 0.643. The van der Waals surface area contributed by atoms with Crippen LogP contribution < -0.4 is 10.1 Å². The fourth-order valence-electron chi connectivity index (χ4n) is 2.17. The Balaban J connectivity index is 1.72. The van der Waals surface area contributed by atoms with Crippen molar-refractivity contribution in [3.05, 3.63) is 24.5 Å². The van der Waals surface area contributed by atoms with Gasteiger partial charge in [-0.05, 0) is 25.0 Å². The lowest BCUT2D eigenvalue weighted by Gasteiger charge is -2.29. The van der Waals surface area contributed by atoms with Crippen LogP contribution in [0.15, 0.2) is 24.5 Å². The van der Waals surface area contributed by atoms with Gasteiger partial charge in [-0.3, -0.25) is 4.98 Å². The van der Waals surface area contributed by atoms with Crippen LogP contribution in [-0.2, 0) is 4.74 Å². The Morgan fingerprint density at radius 1 is 1.44 bits per heavy atom. The van der Waals surface area contributed by atoms with E-state index in [0.29, 0.717) is 12.0 Å². The van der Waals surface area contributed by atoms with Gasteiger partial charge in [0.25, 0.3) is 0 Å². The van der Waals surface area contributed by atoms with E-state index in [1.807, 2.05) is 12.1 Å². The molecule has 1 aromatic heterocycles. The number of piperidine rings is 1. The summed E-state index contributed by atoms with van der Waals surface area (Å²) in [4.78, 5) is 4.04. The van der Waals surface area contributed by atoms with Gasteiger partial charge in [0.05, 0.1) is 18.9 Å². The molecule has 1 aliphatic rings. The van der Waals surface area contributed by atoms with Crippen LogP contribution in [0.1, 0.15) is 19.8 Å². The standard InChI is InChI=1S/C14H22N2O2/c1-2-6-17-14-7-12(8-16-10-14)11-18-13-4-3-5-15-9-13/h3-5,9,12,14,16H,2,6-8,10-11H2,1H3/t12-,14-/m0/s1. The highest BCUT2D eigenvalue weighted by atomic mass is 16.5. The van der Waals surface area contributed by atoms with Crippen molar-refractivity contribution in [2.24, 2.45) is 5.92 Å². The molecule has 0 bridgehead atoms. The van der Waals surface area contributed by atoms with E-state index < -0.39 is 0 Å². The second kappa shape index (κ2) is 7.34. The van der Waals surface area contributed by atoms with Crippen molar-refractivity contribution in [3.8, 4) is 5.75 Å². The third-order valence-corrected chi connectivity index (χ3v) is 3.08. The Morgan fingerprint density at radius 3 is 3.17 bits per heavy atom. The van der Waals surface area contributed by atoms with Crippen molar-refractivity contribution in [2.75, 3.05) is 26.3 Å². The van der Waals surface area contributed by atoms with Crippen LogP contribution in [0.2, 0.25) is 0 Å². The van der Waals surface area contributed by atoms with E-state index in [1.165, 1.54) is 0 Å². The van der Waals surface area contributed by atoms with Crippen molar-refractivity contribution in [1.82, 2.24) is 10.3 Å². The van der Waals surface area contributed by atoms with Gasteiger partial charge < -0.3 is 14.8 Å². The third kappa shape index (κ3) is 4.27. The van der Waals surface area contributed by atoms with Crippen molar-refractivity contribution >= 4 is 0 Å². The molecule has 100 valence electrons. The van der Waals surface area contributed by atoms with E-state index in [9.17, 15) is 0 Å². The average Bonchev–Trinajstić information content (AvgIpc) is 2.44. The van der Waals surface area contributed by atoms with Crippen LogP contribution in [0.4, 0.5) is 0 Å². The summed E-state index contributed by atoms with van der Waals surface area (Å²) in [6, 6.07) is 3.83. The first kappa shape index (κ1) is 13.3. The molecule has 1 N–H and O–H groups in total. The number of hydrogen-bond donors (Lipinski definition) is 1. The normalized spacial score (nSPS) is 23.8. The van der Waals surface area contributed by atoms with E-state index in [-0.39, 0.29) is 0 Å². The minimum Gasteiger partial charge on any atom is -0.492 e. The minimum absolute atomic E-state index is 0.334. The van der Waals surface area contributed by atoms with Gasteiger partial charge in [0, 0.05) is 31.8 Å². The predicted octanol–water partition coefficient (Wildman–Crippen LogP) is 1.87. The predicted molar refractivity (Wildman–Crippen MR) is 70.7 cm³/mol. The minimum atomic E-state index is 0.334. The highest BCUT2D eigenvalue weighted by molar-refractivity contribution is 5.15. The van der Waals surface area contributed by atoms with Crippen LogP contribution in [-0.4, -0.2) is 37.4 Å². The van der Waals surface area contributed by atoms with Gasteiger partial charge in [0.2, 0.25) is 0 Å². The number of hydrogen-bond acceptors (Lipinski definition) is 4. The summed E-state index contributed by atoms with van der Waals surface area (Å²) in [6.07, 6.45) is 5.99. The van der Waals surface area contributed by atoms with Crippen LogP contribution in [0.5, 0.6) is 5.75 Å². The maximum atomic E-state index is 5.78. The molecule has 2 atom stereocenters. The molecule has 1 aliphatic heterocycles. The number of aromatic nitrogens is 1. The Hall–Kier alpha value is -1.13. The third-order valence-electron chi connectivity index (χ3n) is 3.08. The maximum absolute atomic E-state index is 5.78. The first-order chi connectivity index (χ1) is 8.88. The summed E-state index contributed by atoms with van der Waals surface area (Å²) in [5, 5.41) is 3.41. The Kier molecular flexibility index (Phi) is 5.42. The summed E-state index contributed by atoms with van der Waals surface area (Å²) in [6.45, 7) is 5.68. The molecule has 0 spiro atoms. The molecular weight excluding hydrogens is 228 g/mol. The summed E-state index contributed by atoms with van der Waals surface area (Å²) < 4.78 is 11.5. The van der Waals surface area contributed by atoms with Gasteiger partial charge in [-0.15, -0.1) is 0 Å². The number of nitrogens with zero attached hydrogens (tertiary/aromatic N) is 1. The van der Waals surface area contributed by atoms with E-state index in [2.05, 4.69) is 17.2 Å². The second-order valence-corrected chi connectivity index (χ2v) is 4.75. The summed E-state index contributed by atoms with van der Waals surface area (Å²) in [7, 11) is 0. The summed E-state index contributed by atoms with van der Waals surface area (Å²) >= 11 is 0. The molecule has 2 heterocycles. The lowest BCUT2D eigenvalue weighted by atomic mass is 9.98. The first-order valence-electron chi connectivity index (χ1n) is 6.73. The topological polar surface area (TPSA) is 43.4 Å². The van der Waals surface area contributed by atoms with Crippen molar-refractivity contribution in [1.29, 1.82) is 0 Å². The molecule has 2 rings (SSSR count). The zero-order chi connectivity index (χ0) is 12.6. The second-order valence-electron chi connectivity index (χ2n) is 4.75. The molecule has 0 unspecified atom stereocenters. The van der Waals surface area contributed by atoms with E-state index in [1.54, 1.807) is 12.4 Å². The molecule has 0 saturated carbocycles. The molecule has 1 saturated heterocycles. The van der Waals surface area contributed by atoms with Crippen molar-refractivity contribution < 1.29 is 9.47 Å². The number of pyridine rings is 1. The largest absolute Gasteiger partial charge is 0.492 e. The lowest BCUT2D eigenvalue weighted by Crippen LogP contribution is -2.42. The smallest absolute Gasteiger partial charge is 0.137 e. The van der Waals surface area contributed by atoms with Crippen LogP contribution >= 0.6 is 0 Å². The van der Waals surface area contributed by atoms with Gasteiger partial charge in [-0.1, -0.05) is 6.92 Å². The zero-order valence-electron chi connectivity index (χ0n) is 11.0. The van der Waals surface area contributed by atoms with Gasteiger partial charge in [0.15, 0.2) is 0 Å². The molecule has 18 heavy (non-hydrogen) atoms. The molecule has 0 aromatic carbocycles. The molecule has 0 aliphatic carbocycles. The molecular formula is C14H22N2O2. The molecule has 0 amide bonds. The zero-order valence-corrected chi connectivity index (χ0v) is 11.0. The molecule has 1 aromatic rings. The number of rotatable bonds is 6. The van der Waals surface area contributed by atoms with E-state index >= 15 is 0 Å². The molecule has 0 radical (unpaired) electrons. The highest BCUT2D eigenvalue weighted by Crippen LogP contribution is 2.16. The summed E-state index contributed by atoms with van der Waals surface area (Å²) in [5.74, 6) is 1.36. The highest BCUT2D eigenvalue weighted by Gasteiger charge is 2.22. The number of ether oxygens (including phenoxy) is 2. The summed E-state index contributed by atoms with van der Waals surface area (Å²) in [5.41, 5.74) is 0. The Morgan fingerprint density at radius 2 is 2.39 bits per heavy atom. The van der Waals surface area contributed by atoms with Gasteiger partial charge in [-0.25, -0.2) is 0 Å². The average molecular weight is 250 g/mol. The maximum Gasteiger partial charge on any atom is 0.137 e. The van der Waals surface area contributed by atoms with E-state index in [4.69, 9.17) is 9.47 Å². The van der Waals surface area contributed by atoms with Gasteiger partial charge >= 0.3 is 0 Å².